The second-order valence-corrected chi connectivity index (χ2v) is 18.6. The van der Waals surface area contributed by atoms with Crippen LogP contribution in [0.25, 0.3) is 0 Å². The third-order valence-electron chi connectivity index (χ3n) is 11.7. The molecule has 64 heavy (non-hydrogen) atoms. The lowest BCUT2D eigenvalue weighted by Gasteiger charge is -2.41. The number of hydrogen-bond donors (Lipinski definition) is 7. The van der Waals surface area contributed by atoms with Crippen LogP contribution in [0.1, 0.15) is 200 Å². The summed E-state index contributed by atoms with van der Waals surface area (Å²) in [5.41, 5.74) is 0. The molecule has 1 amide bonds. The summed E-state index contributed by atoms with van der Waals surface area (Å²) in [6, 6.07) is -1.15. The fourth-order valence-corrected chi connectivity index (χ4v) is 8.17. The number of ether oxygens (including phenoxy) is 2. The normalized spacial score (nSPS) is 21.2. The monoisotopic (exact) mass is 930 g/mol. The Morgan fingerprint density at radius 3 is 1.50 bits per heavy atom. The predicted molar refractivity (Wildman–Crippen MR) is 256 cm³/mol. The molecule has 1 heterocycles. The molecule has 7 N–H and O–H groups in total. The number of rotatable bonds is 42. The van der Waals surface area contributed by atoms with Crippen LogP contribution in [0.15, 0.2) is 48.6 Å². The Hall–Kier alpha value is -1.98. The Labute approximate surface area is 388 Å². The molecule has 8 unspecified atom stereocenters. The first-order valence-electron chi connectivity index (χ1n) is 25.1. The van der Waals surface area contributed by atoms with Crippen molar-refractivity contribution in [3.63, 3.8) is 0 Å². The Kier molecular flexibility index (Phi) is 37.6. The molecule has 1 aliphatic rings. The highest BCUT2D eigenvalue weighted by Crippen LogP contribution is 2.26. The van der Waals surface area contributed by atoms with Crippen molar-refractivity contribution in [3.05, 3.63) is 48.6 Å². The van der Waals surface area contributed by atoms with E-state index in [1.807, 2.05) is 0 Å². The summed E-state index contributed by atoms with van der Waals surface area (Å²) in [6.45, 7) is 3.18. The second-order valence-electron chi connectivity index (χ2n) is 17.5. The fraction of sp³-hybridized carbons (Fsp3) is 0.820. The summed E-state index contributed by atoms with van der Waals surface area (Å²) >= 11 is 0. The van der Waals surface area contributed by atoms with Crippen molar-refractivity contribution in [2.75, 3.05) is 13.2 Å². The van der Waals surface area contributed by atoms with E-state index in [2.05, 4.69) is 59.8 Å². The maximum absolute atomic E-state index is 13.1. The van der Waals surface area contributed by atoms with Gasteiger partial charge in [0.1, 0.15) is 30.5 Å². The number of carbonyl (C=O) groups excluding carboxylic acids is 1. The van der Waals surface area contributed by atoms with Crippen molar-refractivity contribution >= 4 is 16.3 Å². The van der Waals surface area contributed by atoms with Gasteiger partial charge in [0.05, 0.1) is 25.4 Å². The quantitative estimate of drug-likeness (QED) is 0.0173. The van der Waals surface area contributed by atoms with Crippen molar-refractivity contribution in [1.82, 2.24) is 5.32 Å². The van der Waals surface area contributed by atoms with Crippen molar-refractivity contribution in [2.24, 2.45) is 0 Å². The van der Waals surface area contributed by atoms with Gasteiger partial charge in [-0.05, 0) is 70.6 Å². The van der Waals surface area contributed by atoms with Gasteiger partial charge in [-0.1, -0.05) is 178 Å². The van der Waals surface area contributed by atoms with Gasteiger partial charge in [-0.25, -0.2) is 4.18 Å². The van der Waals surface area contributed by atoms with Gasteiger partial charge < -0.3 is 40.3 Å². The third kappa shape index (κ3) is 31.9. The molecule has 8 atom stereocenters. The molecule has 0 aliphatic carbocycles. The van der Waals surface area contributed by atoms with Gasteiger partial charge in [0.25, 0.3) is 0 Å². The average molecular weight is 930 g/mol. The number of carbonyl (C=O) groups is 1. The first-order chi connectivity index (χ1) is 30.9. The summed E-state index contributed by atoms with van der Waals surface area (Å²) in [5.74, 6) is -0.722. The molecule has 0 aromatic rings. The Morgan fingerprint density at radius 2 is 1.05 bits per heavy atom. The van der Waals surface area contributed by atoms with Crippen LogP contribution < -0.4 is 5.32 Å². The van der Waals surface area contributed by atoms with Crippen LogP contribution in [0.3, 0.4) is 0 Å². The highest BCUT2D eigenvalue weighted by atomic mass is 32.3. The minimum atomic E-state index is -5.13. The van der Waals surface area contributed by atoms with Gasteiger partial charge in [-0.15, -0.1) is 0 Å². The standard InChI is InChI=1S/C50H91NO12S/c1-3-5-7-9-11-13-15-17-19-20-21-22-23-25-27-29-31-33-35-37-39-44(54)49(57)51-42(41-61-50-47(56)48(63-64(58,59)60)46(55)45(40-52)62-50)43(53)38-36-34-32-30-28-26-24-18-16-14-12-10-8-6-4-2/h16,18,22-23,28,30,36,38,42-48,50,52-56H,3-15,17,19-21,24-27,29,31-35,37,39-41H2,1-2H3,(H,51,57)(H,58,59,60)/b18-16+,23-22-,30-28+,38-36+. The van der Waals surface area contributed by atoms with Crippen LogP contribution in [0.2, 0.25) is 0 Å². The zero-order valence-electron chi connectivity index (χ0n) is 39.7. The molecular weight excluding hydrogens is 839 g/mol. The van der Waals surface area contributed by atoms with Gasteiger partial charge in [0.15, 0.2) is 6.29 Å². The van der Waals surface area contributed by atoms with Crippen molar-refractivity contribution in [1.29, 1.82) is 0 Å². The molecule has 0 aromatic heterocycles. The van der Waals surface area contributed by atoms with Gasteiger partial charge in [-0.3, -0.25) is 9.35 Å². The molecule has 1 fully saturated rings. The molecule has 0 saturated carbocycles. The molecule has 13 nitrogen and oxygen atoms in total. The summed E-state index contributed by atoms with van der Waals surface area (Å²) in [7, 11) is -5.13. The van der Waals surface area contributed by atoms with E-state index in [1.165, 1.54) is 102 Å². The Morgan fingerprint density at radius 1 is 0.625 bits per heavy atom. The lowest BCUT2D eigenvalue weighted by Crippen LogP contribution is -2.61. The molecule has 0 aromatic carbocycles. The number of nitrogens with one attached hydrogen (secondary N) is 1. The van der Waals surface area contributed by atoms with Gasteiger partial charge in [-0.2, -0.15) is 8.42 Å². The van der Waals surface area contributed by atoms with Gasteiger partial charge in [0.2, 0.25) is 5.91 Å². The third-order valence-corrected chi connectivity index (χ3v) is 12.1. The lowest BCUT2D eigenvalue weighted by atomic mass is 9.99. The van der Waals surface area contributed by atoms with E-state index in [0.717, 1.165) is 70.6 Å². The fourth-order valence-electron chi connectivity index (χ4n) is 7.66. The van der Waals surface area contributed by atoms with E-state index in [1.54, 1.807) is 6.08 Å². The van der Waals surface area contributed by atoms with E-state index in [0.29, 0.717) is 12.8 Å². The van der Waals surface area contributed by atoms with E-state index in [9.17, 15) is 43.3 Å². The molecule has 14 heteroatoms. The van der Waals surface area contributed by atoms with Crippen molar-refractivity contribution in [2.45, 2.75) is 249 Å². The summed E-state index contributed by atoms with van der Waals surface area (Å²) in [6.07, 6.45) is 37.6. The van der Waals surface area contributed by atoms with E-state index < -0.39 is 78.5 Å². The van der Waals surface area contributed by atoms with Gasteiger partial charge in [0, 0.05) is 0 Å². The molecule has 0 bridgehead atoms. The smallest absolute Gasteiger partial charge is 0.394 e. The predicted octanol–water partition coefficient (Wildman–Crippen LogP) is 9.41. The molecule has 1 saturated heterocycles. The first kappa shape index (κ1) is 60.0. The van der Waals surface area contributed by atoms with Crippen LogP contribution in [-0.2, 0) is 28.9 Å². The Balaban J connectivity index is 2.55. The van der Waals surface area contributed by atoms with Crippen LogP contribution in [-0.4, -0.2) is 107 Å². The van der Waals surface area contributed by atoms with Crippen molar-refractivity contribution < 1.29 is 57.0 Å². The van der Waals surface area contributed by atoms with Crippen molar-refractivity contribution in [3.8, 4) is 0 Å². The van der Waals surface area contributed by atoms with Gasteiger partial charge >= 0.3 is 10.4 Å². The molecule has 1 aliphatic heterocycles. The first-order valence-corrected chi connectivity index (χ1v) is 26.5. The van der Waals surface area contributed by atoms with Crippen LogP contribution in [0, 0.1) is 0 Å². The number of aliphatic hydroxyl groups excluding tert-OH is 5. The maximum Gasteiger partial charge on any atom is 0.397 e. The minimum absolute atomic E-state index is 0.226. The summed E-state index contributed by atoms with van der Waals surface area (Å²) < 4.78 is 47.5. The number of hydrogen-bond acceptors (Lipinski definition) is 11. The lowest BCUT2D eigenvalue weighted by molar-refractivity contribution is -0.298. The van der Waals surface area contributed by atoms with E-state index in [4.69, 9.17) is 9.47 Å². The van der Waals surface area contributed by atoms with Crippen LogP contribution in [0.4, 0.5) is 0 Å². The second kappa shape index (κ2) is 40.1. The zero-order valence-corrected chi connectivity index (χ0v) is 40.5. The largest absolute Gasteiger partial charge is 0.397 e. The molecule has 0 spiro atoms. The van der Waals surface area contributed by atoms with Crippen LogP contribution >= 0.6 is 0 Å². The topological polar surface area (TPSA) is 212 Å². The highest BCUT2D eigenvalue weighted by Gasteiger charge is 2.48. The summed E-state index contributed by atoms with van der Waals surface area (Å²) in [4.78, 5) is 13.1. The minimum Gasteiger partial charge on any atom is -0.394 e. The number of allylic oxidation sites excluding steroid dienone is 7. The molecule has 374 valence electrons. The number of aliphatic hydroxyl groups is 5. The Bertz CT molecular complexity index is 1340. The molecule has 1 rings (SSSR count). The highest BCUT2D eigenvalue weighted by molar-refractivity contribution is 7.80. The summed E-state index contributed by atoms with van der Waals surface area (Å²) in [5, 5.41) is 55.3. The molecular formula is C50H91NO12S. The number of amides is 1. The van der Waals surface area contributed by atoms with Crippen LogP contribution in [0.5, 0.6) is 0 Å². The average Bonchev–Trinajstić information content (AvgIpc) is 3.27. The van der Waals surface area contributed by atoms with E-state index in [-0.39, 0.29) is 6.42 Å². The SMILES string of the molecule is CCCCCCC/C=C/CC/C=C/CC/C=C/C(O)C(COC1OC(CO)C(O)C(OS(=O)(=O)O)C1O)NC(=O)C(O)CCCCCCCC/C=C\CCCCCCCCCCCC. The zero-order chi connectivity index (χ0) is 47.1. The van der Waals surface area contributed by atoms with E-state index >= 15 is 0 Å². The molecule has 0 radical (unpaired) electrons. The number of unbranched alkanes of at least 4 members (excludes halogenated alkanes) is 23. The maximum atomic E-state index is 13.1.